The predicted octanol–water partition coefficient (Wildman–Crippen LogP) is 3.25. The van der Waals surface area contributed by atoms with E-state index >= 15 is 0 Å². The van der Waals surface area contributed by atoms with Crippen LogP contribution in [-0.2, 0) is 12.8 Å². The highest BCUT2D eigenvalue weighted by atomic mass is 19.4. The first-order valence-corrected chi connectivity index (χ1v) is 8.70. The SMILES string of the molecule is C=C/C(CC(F)(F)F)=C(\C=C/C)C1Cc2[nH]nc(/C(=N/N)NN)c2C1.CC. The molecule has 1 aliphatic rings. The summed E-state index contributed by atoms with van der Waals surface area (Å²) in [4.78, 5) is 0. The highest BCUT2D eigenvalue weighted by Gasteiger charge is 2.34. The summed E-state index contributed by atoms with van der Waals surface area (Å²) in [6.07, 6.45) is 0.477. The number of hydrazine groups is 1. The average molecular weight is 384 g/mol. The summed E-state index contributed by atoms with van der Waals surface area (Å²) in [5, 5.41) is 10.6. The smallest absolute Gasteiger partial charge is 0.321 e. The molecule has 0 aliphatic heterocycles. The molecule has 1 heterocycles. The van der Waals surface area contributed by atoms with Gasteiger partial charge in [-0.2, -0.15) is 23.4 Å². The average Bonchev–Trinajstić information content (AvgIpc) is 3.21. The molecule has 9 heteroatoms. The molecule has 0 bridgehead atoms. The number of hydrogen-bond donors (Lipinski definition) is 4. The monoisotopic (exact) mass is 384 g/mol. The van der Waals surface area contributed by atoms with Gasteiger partial charge in [0.15, 0.2) is 5.84 Å². The lowest BCUT2D eigenvalue weighted by molar-refractivity contribution is -0.126. The van der Waals surface area contributed by atoms with Crippen LogP contribution in [0.2, 0.25) is 0 Å². The first-order valence-electron chi connectivity index (χ1n) is 8.70. The quantitative estimate of drug-likeness (QED) is 0.206. The van der Waals surface area contributed by atoms with Gasteiger partial charge in [0, 0.05) is 11.3 Å². The van der Waals surface area contributed by atoms with E-state index < -0.39 is 12.6 Å². The molecule has 6 nitrogen and oxygen atoms in total. The lowest BCUT2D eigenvalue weighted by Crippen LogP contribution is -2.33. The van der Waals surface area contributed by atoms with Crippen LogP contribution < -0.4 is 17.1 Å². The van der Waals surface area contributed by atoms with Gasteiger partial charge in [-0.25, -0.2) is 5.84 Å². The molecule has 1 aliphatic carbocycles. The number of aromatic nitrogens is 2. The van der Waals surface area contributed by atoms with Crippen molar-refractivity contribution in [2.24, 2.45) is 22.7 Å². The normalized spacial score (nSPS) is 17.9. The minimum absolute atomic E-state index is 0.119. The van der Waals surface area contributed by atoms with Crippen LogP contribution in [0.25, 0.3) is 0 Å². The van der Waals surface area contributed by atoms with Gasteiger partial charge in [0.05, 0.1) is 6.42 Å². The van der Waals surface area contributed by atoms with Crippen LogP contribution in [0, 0.1) is 5.92 Å². The zero-order valence-corrected chi connectivity index (χ0v) is 15.8. The van der Waals surface area contributed by atoms with Crippen LogP contribution in [0.3, 0.4) is 0 Å². The predicted molar refractivity (Wildman–Crippen MR) is 102 cm³/mol. The summed E-state index contributed by atoms with van der Waals surface area (Å²) in [5.41, 5.74) is 5.35. The number of nitrogens with one attached hydrogen (secondary N) is 2. The first kappa shape index (κ1) is 22.5. The van der Waals surface area contributed by atoms with Crippen molar-refractivity contribution < 1.29 is 13.2 Å². The van der Waals surface area contributed by atoms with E-state index in [0.717, 1.165) is 11.3 Å². The Balaban J connectivity index is 0.00000176. The van der Waals surface area contributed by atoms with E-state index in [0.29, 0.717) is 24.1 Å². The Morgan fingerprint density at radius 3 is 2.56 bits per heavy atom. The summed E-state index contributed by atoms with van der Waals surface area (Å²) in [6.45, 7) is 9.33. The Morgan fingerprint density at radius 1 is 1.41 bits per heavy atom. The molecule has 0 saturated heterocycles. The van der Waals surface area contributed by atoms with Crippen LogP contribution in [0.15, 0.2) is 41.1 Å². The zero-order chi connectivity index (χ0) is 20.6. The molecule has 0 radical (unpaired) electrons. The fraction of sp³-hybridized carbons (Fsp3) is 0.444. The maximum absolute atomic E-state index is 12.9. The largest absolute Gasteiger partial charge is 0.393 e. The molecule has 27 heavy (non-hydrogen) atoms. The number of nitrogens with two attached hydrogens (primary N) is 2. The van der Waals surface area contributed by atoms with Crippen molar-refractivity contribution in [1.82, 2.24) is 15.6 Å². The number of nitrogens with zero attached hydrogens (tertiary/aromatic N) is 2. The van der Waals surface area contributed by atoms with Crippen molar-refractivity contribution in [3.05, 3.63) is 52.9 Å². The van der Waals surface area contributed by atoms with Gasteiger partial charge in [-0.1, -0.05) is 38.7 Å². The zero-order valence-electron chi connectivity index (χ0n) is 15.8. The van der Waals surface area contributed by atoms with Gasteiger partial charge in [0.2, 0.25) is 0 Å². The molecule has 1 unspecified atom stereocenters. The van der Waals surface area contributed by atoms with Crippen molar-refractivity contribution in [2.45, 2.75) is 46.2 Å². The molecule has 6 N–H and O–H groups in total. The summed E-state index contributed by atoms with van der Waals surface area (Å²) >= 11 is 0. The number of fused-ring (bicyclic) bond motifs is 1. The lowest BCUT2D eigenvalue weighted by atomic mass is 9.89. The Kier molecular flexibility index (Phi) is 8.30. The number of hydrazone groups is 1. The molecule has 0 saturated carbocycles. The molecule has 0 spiro atoms. The molecule has 0 fully saturated rings. The van der Waals surface area contributed by atoms with Crippen LogP contribution in [0.4, 0.5) is 13.2 Å². The summed E-state index contributed by atoms with van der Waals surface area (Å²) in [7, 11) is 0. The Bertz CT molecular complexity index is 728. The number of aromatic amines is 1. The molecule has 0 aromatic carbocycles. The third-order valence-electron chi connectivity index (χ3n) is 4.14. The van der Waals surface area contributed by atoms with Crippen molar-refractivity contribution in [3.8, 4) is 0 Å². The first-order chi connectivity index (χ1) is 12.8. The van der Waals surface area contributed by atoms with Gasteiger partial charge in [-0.3, -0.25) is 5.10 Å². The highest BCUT2D eigenvalue weighted by Crippen LogP contribution is 2.37. The fourth-order valence-corrected chi connectivity index (χ4v) is 3.13. The highest BCUT2D eigenvalue weighted by molar-refractivity contribution is 5.98. The second-order valence-electron chi connectivity index (χ2n) is 5.73. The van der Waals surface area contributed by atoms with E-state index in [1.165, 1.54) is 6.08 Å². The van der Waals surface area contributed by atoms with Crippen molar-refractivity contribution in [3.63, 3.8) is 0 Å². The minimum Gasteiger partial charge on any atom is -0.321 e. The van der Waals surface area contributed by atoms with Gasteiger partial charge in [0.25, 0.3) is 0 Å². The molecule has 1 aromatic rings. The summed E-state index contributed by atoms with van der Waals surface area (Å²) in [6, 6.07) is 0. The Hall–Kier alpha value is -2.55. The van der Waals surface area contributed by atoms with E-state index in [2.05, 4.69) is 27.3 Å². The molecule has 2 rings (SSSR count). The number of hydrogen-bond acceptors (Lipinski definition) is 4. The molecular formula is C18H27F3N6. The number of allylic oxidation sites excluding steroid dienone is 5. The van der Waals surface area contributed by atoms with E-state index in [9.17, 15) is 13.2 Å². The van der Waals surface area contributed by atoms with E-state index in [4.69, 9.17) is 11.7 Å². The third-order valence-corrected chi connectivity index (χ3v) is 4.14. The molecule has 1 aromatic heterocycles. The van der Waals surface area contributed by atoms with E-state index in [1.807, 2.05) is 13.8 Å². The van der Waals surface area contributed by atoms with Gasteiger partial charge >= 0.3 is 6.18 Å². The van der Waals surface area contributed by atoms with Gasteiger partial charge in [0.1, 0.15) is 5.69 Å². The molecular weight excluding hydrogens is 357 g/mol. The molecule has 1 atom stereocenters. The maximum Gasteiger partial charge on any atom is 0.393 e. The second-order valence-corrected chi connectivity index (χ2v) is 5.73. The fourth-order valence-electron chi connectivity index (χ4n) is 3.13. The van der Waals surface area contributed by atoms with Gasteiger partial charge in [-0.15, -0.1) is 0 Å². The number of amidine groups is 1. The van der Waals surface area contributed by atoms with E-state index in [1.54, 1.807) is 19.1 Å². The second kappa shape index (κ2) is 9.96. The van der Waals surface area contributed by atoms with Crippen LogP contribution >= 0.6 is 0 Å². The van der Waals surface area contributed by atoms with Crippen LogP contribution in [0.1, 0.15) is 44.1 Å². The number of H-pyrrole nitrogens is 1. The van der Waals surface area contributed by atoms with Crippen molar-refractivity contribution in [1.29, 1.82) is 0 Å². The lowest BCUT2D eigenvalue weighted by Gasteiger charge is -2.17. The van der Waals surface area contributed by atoms with Gasteiger partial charge in [-0.05, 0) is 36.8 Å². The van der Waals surface area contributed by atoms with E-state index in [-0.39, 0.29) is 17.3 Å². The number of rotatable bonds is 5. The summed E-state index contributed by atoms with van der Waals surface area (Å²) < 4.78 is 38.6. The van der Waals surface area contributed by atoms with Crippen molar-refractivity contribution >= 4 is 5.84 Å². The molecule has 0 amide bonds. The van der Waals surface area contributed by atoms with Crippen LogP contribution in [-0.4, -0.2) is 22.2 Å². The maximum atomic E-state index is 12.9. The van der Waals surface area contributed by atoms with Crippen molar-refractivity contribution in [2.75, 3.05) is 0 Å². The topological polar surface area (TPSA) is 105 Å². The third kappa shape index (κ3) is 5.46. The summed E-state index contributed by atoms with van der Waals surface area (Å²) in [5.74, 6) is 10.8. The van der Waals surface area contributed by atoms with Crippen LogP contribution in [0.5, 0.6) is 0 Å². The number of alkyl halides is 3. The van der Waals surface area contributed by atoms with Gasteiger partial charge < -0.3 is 11.3 Å². The minimum atomic E-state index is -4.29. The molecule has 150 valence electrons. The number of halogens is 3. The Morgan fingerprint density at radius 2 is 2.07 bits per heavy atom. The Labute approximate surface area is 157 Å². The standard InChI is InChI=1S/C16H21F3N6.C2H6/c1-3-5-11(9(4-2)8-16(17,18)19)10-6-12-13(7-10)24-25-14(12)15(22-20)23-21;1-2/h3-5,10H,2,6-8,20-21H2,1H3,(H,22,23)(H,24,25);1-2H3/b5-3-,11-9-;.